The van der Waals surface area contributed by atoms with Crippen LogP contribution in [0.2, 0.25) is 0 Å². The van der Waals surface area contributed by atoms with Gasteiger partial charge in [-0.1, -0.05) is 12.2 Å². The lowest BCUT2D eigenvalue weighted by Crippen LogP contribution is -2.45. The molecule has 1 aliphatic carbocycles. The second-order valence-corrected chi connectivity index (χ2v) is 7.84. The number of carboxylic acids is 2. The van der Waals surface area contributed by atoms with E-state index in [4.69, 9.17) is 10.8 Å². The Morgan fingerprint density at radius 3 is 2.62 bits per heavy atom. The molecule has 2 aromatic heterocycles. The number of carbonyl (C=O) groups is 3. The standard InChI is InChI=1S/C20H25N7O7/c21-20-25-16-15(18(32)26-20)23-11(7-22-16)8-27(9-28)12-3-1-10(2-4-12)17(31)24-13(19(33)34)5-6-14(29)30/h1,3,7,10,12-13,28H,2,4-6,8-9H2,(H,24,31)(H,29,30)(H,33,34)(H3,21,22,25,26,32). The molecule has 182 valence electrons. The van der Waals surface area contributed by atoms with Crippen molar-refractivity contribution in [2.45, 2.75) is 44.3 Å². The highest BCUT2D eigenvalue weighted by molar-refractivity contribution is 5.86. The van der Waals surface area contributed by atoms with Crippen LogP contribution in [-0.4, -0.2) is 76.8 Å². The van der Waals surface area contributed by atoms with Crippen LogP contribution in [0, 0.1) is 5.92 Å². The third-order valence-electron chi connectivity index (χ3n) is 5.44. The SMILES string of the molecule is Nc1nc2ncc(CN(CO)C3C=CC(C(=O)NC(CCC(=O)O)C(=O)O)CC3)nc2c(=O)[nH]1. The van der Waals surface area contributed by atoms with Crippen molar-refractivity contribution in [1.29, 1.82) is 0 Å². The van der Waals surface area contributed by atoms with Crippen LogP contribution in [0.5, 0.6) is 0 Å². The van der Waals surface area contributed by atoms with Crippen molar-refractivity contribution in [1.82, 2.24) is 30.2 Å². The van der Waals surface area contributed by atoms with Gasteiger partial charge in [-0.3, -0.25) is 24.3 Å². The van der Waals surface area contributed by atoms with Crippen LogP contribution >= 0.6 is 0 Å². The van der Waals surface area contributed by atoms with Gasteiger partial charge in [-0.25, -0.2) is 14.8 Å². The first-order valence-electron chi connectivity index (χ1n) is 10.5. The van der Waals surface area contributed by atoms with Crippen LogP contribution in [0.3, 0.4) is 0 Å². The largest absolute Gasteiger partial charge is 0.481 e. The number of aromatic nitrogens is 4. The summed E-state index contributed by atoms with van der Waals surface area (Å²) >= 11 is 0. The van der Waals surface area contributed by atoms with Crippen molar-refractivity contribution in [2.75, 3.05) is 12.5 Å². The van der Waals surface area contributed by atoms with E-state index in [-0.39, 0.29) is 49.3 Å². The smallest absolute Gasteiger partial charge is 0.326 e. The van der Waals surface area contributed by atoms with Crippen molar-refractivity contribution in [2.24, 2.45) is 5.92 Å². The summed E-state index contributed by atoms with van der Waals surface area (Å²) in [6, 6.07) is -1.53. The number of nitrogens with zero attached hydrogens (tertiary/aromatic N) is 4. The van der Waals surface area contributed by atoms with Gasteiger partial charge in [0, 0.05) is 19.0 Å². The average Bonchev–Trinajstić information content (AvgIpc) is 2.80. The molecule has 7 N–H and O–H groups in total. The molecule has 0 saturated carbocycles. The number of aliphatic carboxylic acids is 2. The summed E-state index contributed by atoms with van der Waals surface area (Å²) in [4.78, 5) is 62.8. The third kappa shape index (κ3) is 6.11. The van der Waals surface area contributed by atoms with Gasteiger partial charge in [-0.15, -0.1) is 0 Å². The fourth-order valence-corrected chi connectivity index (χ4v) is 3.66. The van der Waals surface area contributed by atoms with Gasteiger partial charge in [0.2, 0.25) is 11.9 Å². The molecule has 0 saturated heterocycles. The van der Waals surface area contributed by atoms with Gasteiger partial charge >= 0.3 is 11.9 Å². The molecule has 0 spiro atoms. The zero-order valence-corrected chi connectivity index (χ0v) is 18.0. The molecule has 14 nitrogen and oxygen atoms in total. The van der Waals surface area contributed by atoms with Gasteiger partial charge in [-0.2, -0.15) is 4.98 Å². The lowest BCUT2D eigenvalue weighted by molar-refractivity contribution is -0.143. The molecule has 34 heavy (non-hydrogen) atoms. The molecule has 0 aromatic carbocycles. The van der Waals surface area contributed by atoms with Crippen LogP contribution < -0.4 is 16.6 Å². The molecule has 0 aliphatic heterocycles. The number of H-pyrrole nitrogens is 1. The highest BCUT2D eigenvalue weighted by Crippen LogP contribution is 2.23. The predicted octanol–water partition coefficient (Wildman–Crippen LogP) is -1.18. The van der Waals surface area contributed by atoms with Crippen molar-refractivity contribution < 1.29 is 29.7 Å². The van der Waals surface area contributed by atoms with Crippen LogP contribution in [0.25, 0.3) is 11.2 Å². The Labute approximate surface area is 192 Å². The van der Waals surface area contributed by atoms with E-state index in [2.05, 4.69) is 25.3 Å². The van der Waals surface area contributed by atoms with E-state index in [9.17, 15) is 29.4 Å². The number of aliphatic hydroxyl groups is 1. The van der Waals surface area contributed by atoms with Crippen LogP contribution in [-0.2, 0) is 20.9 Å². The van der Waals surface area contributed by atoms with Crippen LogP contribution in [0.4, 0.5) is 5.95 Å². The Hall–Kier alpha value is -3.91. The highest BCUT2D eigenvalue weighted by Gasteiger charge is 2.28. The molecule has 0 bridgehead atoms. The highest BCUT2D eigenvalue weighted by atomic mass is 16.4. The topological polar surface area (TPSA) is 225 Å². The quantitative estimate of drug-likeness (QED) is 0.176. The number of nitrogens with one attached hydrogen (secondary N) is 2. The summed E-state index contributed by atoms with van der Waals surface area (Å²) in [6.07, 6.45) is 5.08. The Morgan fingerprint density at radius 2 is 2.00 bits per heavy atom. The van der Waals surface area contributed by atoms with Gasteiger partial charge in [0.15, 0.2) is 11.2 Å². The molecule has 3 rings (SSSR count). The second kappa shape index (κ2) is 10.8. The fraction of sp³-hybridized carbons (Fsp3) is 0.450. The summed E-state index contributed by atoms with van der Waals surface area (Å²) in [7, 11) is 0. The summed E-state index contributed by atoms with van der Waals surface area (Å²) < 4.78 is 0. The maximum atomic E-state index is 12.5. The number of nitrogens with two attached hydrogens (primary N) is 1. The van der Waals surface area contributed by atoms with Gasteiger partial charge < -0.3 is 26.4 Å². The normalized spacial score (nSPS) is 18.6. The van der Waals surface area contributed by atoms with E-state index in [1.54, 1.807) is 17.1 Å². The molecular weight excluding hydrogens is 450 g/mol. The summed E-state index contributed by atoms with van der Waals surface area (Å²) in [5.41, 5.74) is 5.53. The summed E-state index contributed by atoms with van der Waals surface area (Å²) in [5.74, 6) is -3.61. The van der Waals surface area contributed by atoms with Crippen molar-refractivity contribution in [3.05, 3.63) is 34.4 Å². The van der Waals surface area contributed by atoms with Gasteiger partial charge in [0.05, 0.1) is 24.5 Å². The lowest BCUT2D eigenvalue weighted by Gasteiger charge is -2.31. The first kappa shape index (κ1) is 24.7. The maximum Gasteiger partial charge on any atom is 0.326 e. The zero-order valence-electron chi connectivity index (χ0n) is 18.0. The average molecular weight is 475 g/mol. The Kier molecular flexibility index (Phi) is 7.86. The molecule has 3 atom stereocenters. The number of hydrogen-bond acceptors (Lipinski definition) is 10. The first-order chi connectivity index (χ1) is 16.2. The molecular formula is C20H25N7O7. The molecule has 2 aromatic rings. The Bertz CT molecular complexity index is 1170. The van der Waals surface area contributed by atoms with E-state index in [0.29, 0.717) is 18.5 Å². The molecule has 14 heteroatoms. The number of hydrogen-bond donors (Lipinski definition) is 6. The van der Waals surface area contributed by atoms with E-state index >= 15 is 0 Å². The minimum absolute atomic E-state index is 0.0244. The number of carboxylic acid groups (broad SMARTS) is 2. The number of amides is 1. The van der Waals surface area contributed by atoms with Crippen molar-refractivity contribution in [3.63, 3.8) is 0 Å². The summed E-state index contributed by atoms with van der Waals surface area (Å²) in [5, 5.41) is 30.2. The van der Waals surface area contributed by atoms with Gasteiger partial charge in [0.25, 0.3) is 5.56 Å². The molecule has 1 aliphatic rings. The van der Waals surface area contributed by atoms with E-state index in [1.165, 1.54) is 6.20 Å². The Morgan fingerprint density at radius 1 is 1.24 bits per heavy atom. The van der Waals surface area contributed by atoms with Crippen molar-refractivity contribution in [3.8, 4) is 0 Å². The minimum Gasteiger partial charge on any atom is -0.481 e. The van der Waals surface area contributed by atoms with Gasteiger partial charge in [0.1, 0.15) is 6.04 Å². The number of carbonyl (C=O) groups excluding carboxylic acids is 1. The number of rotatable bonds is 10. The molecule has 3 unspecified atom stereocenters. The van der Waals surface area contributed by atoms with Crippen molar-refractivity contribution >= 4 is 35.0 Å². The minimum atomic E-state index is -1.30. The fourth-order valence-electron chi connectivity index (χ4n) is 3.66. The molecule has 0 radical (unpaired) electrons. The number of aliphatic hydroxyl groups excluding tert-OH is 1. The van der Waals surface area contributed by atoms with E-state index < -0.39 is 35.4 Å². The molecule has 2 heterocycles. The third-order valence-corrected chi connectivity index (χ3v) is 5.44. The number of nitrogen functional groups attached to an aromatic ring is 1. The van der Waals surface area contributed by atoms with Crippen LogP contribution in [0.1, 0.15) is 31.4 Å². The zero-order chi connectivity index (χ0) is 24.8. The van der Waals surface area contributed by atoms with Crippen LogP contribution in [0.15, 0.2) is 23.1 Å². The molecule has 0 fully saturated rings. The summed E-state index contributed by atoms with van der Waals surface area (Å²) in [6.45, 7) is -0.149. The first-order valence-corrected chi connectivity index (χ1v) is 10.5. The number of anilines is 1. The second-order valence-electron chi connectivity index (χ2n) is 7.84. The van der Waals surface area contributed by atoms with E-state index in [1.807, 2.05) is 0 Å². The maximum absolute atomic E-state index is 12.5. The number of aromatic amines is 1. The monoisotopic (exact) mass is 475 g/mol. The predicted molar refractivity (Wildman–Crippen MR) is 117 cm³/mol. The Balaban J connectivity index is 1.64. The lowest BCUT2D eigenvalue weighted by atomic mass is 9.91. The molecule has 1 amide bonds. The number of fused-ring (bicyclic) bond motifs is 1. The van der Waals surface area contributed by atoms with Gasteiger partial charge in [-0.05, 0) is 19.3 Å². The van der Waals surface area contributed by atoms with E-state index in [0.717, 1.165) is 0 Å².